The Morgan fingerprint density at radius 2 is 2.16 bits per heavy atom. The highest BCUT2D eigenvalue weighted by molar-refractivity contribution is 5.93. The molecule has 0 fully saturated rings. The molecule has 0 unspecified atom stereocenters. The van der Waals surface area contributed by atoms with Crippen LogP contribution in [0.4, 0.5) is 17.5 Å². The number of benzene rings is 1. The predicted molar refractivity (Wildman–Crippen MR) is 101 cm³/mol. The normalized spacial score (nSPS) is 12.3. The second-order valence-electron chi connectivity index (χ2n) is 5.86. The molecule has 25 heavy (non-hydrogen) atoms. The number of nitrogens with zero attached hydrogens (tertiary/aromatic N) is 3. The minimum atomic E-state index is -0.0989. The summed E-state index contributed by atoms with van der Waals surface area (Å²) in [6.07, 6.45) is 3.76. The first kappa shape index (κ1) is 17.2. The molecular formula is C18H24N6O. The van der Waals surface area contributed by atoms with E-state index in [0.29, 0.717) is 25.7 Å². The number of aryl methyl sites for hydroxylation is 1. The van der Waals surface area contributed by atoms with E-state index in [2.05, 4.69) is 37.3 Å². The van der Waals surface area contributed by atoms with Gasteiger partial charge in [-0.05, 0) is 31.2 Å². The highest BCUT2D eigenvalue weighted by Gasteiger charge is 2.07. The maximum Gasteiger partial charge on any atom is 0.224 e. The second kappa shape index (κ2) is 7.96. The lowest BCUT2D eigenvalue weighted by Crippen LogP contribution is -2.34. The van der Waals surface area contributed by atoms with Crippen LogP contribution in [0.25, 0.3) is 10.9 Å². The van der Waals surface area contributed by atoms with Crippen molar-refractivity contribution in [1.82, 2.24) is 14.5 Å². The van der Waals surface area contributed by atoms with E-state index in [1.54, 1.807) is 6.20 Å². The highest BCUT2D eigenvalue weighted by Crippen LogP contribution is 2.26. The van der Waals surface area contributed by atoms with E-state index in [-0.39, 0.29) is 6.04 Å². The number of hydrogen-bond acceptors (Lipinski definition) is 6. The van der Waals surface area contributed by atoms with Crippen LogP contribution in [0.2, 0.25) is 0 Å². The lowest BCUT2D eigenvalue weighted by atomic mass is 10.2. The fourth-order valence-electron chi connectivity index (χ4n) is 2.61. The molecule has 0 spiro atoms. The van der Waals surface area contributed by atoms with Crippen molar-refractivity contribution in [3.05, 3.63) is 42.7 Å². The first-order chi connectivity index (χ1) is 12.2. The summed E-state index contributed by atoms with van der Waals surface area (Å²) in [4.78, 5) is 8.73. The molecule has 3 rings (SSSR count). The molecule has 132 valence electrons. The van der Waals surface area contributed by atoms with Crippen molar-refractivity contribution >= 4 is 28.4 Å². The molecule has 4 N–H and O–H groups in total. The van der Waals surface area contributed by atoms with Crippen molar-refractivity contribution < 1.29 is 4.74 Å². The summed E-state index contributed by atoms with van der Waals surface area (Å²) in [5.74, 6) is 1.27. The first-order valence-electron chi connectivity index (χ1n) is 8.38. The molecule has 2 aromatic heterocycles. The van der Waals surface area contributed by atoms with Crippen LogP contribution in [0.1, 0.15) is 6.92 Å². The molecule has 3 aromatic rings. The van der Waals surface area contributed by atoms with Gasteiger partial charge in [-0.15, -0.1) is 0 Å². The average molecular weight is 340 g/mol. The number of nitrogens with two attached hydrogens (primary N) is 1. The zero-order chi connectivity index (χ0) is 17.6. The van der Waals surface area contributed by atoms with Crippen molar-refractivity contribution in [2.24, 2.45) is 12.8 Å². The fourth-order valence-corrected chi connectivity index (χ4v) is 2.61. The van der Waals surface area contributed by atoms with Crippen LogP contribution in [0.5, 0.6) is 0 Å². The molecule has 0 saturated heterocycles. The van der Waals surface area contributed by atoms with Crippen LogP contribution in [0, 0.1) is 0 Å². The third-order valence-electron chi connectivity index (χ3n) is 3.90. The van der Waals surface area contributed by atoms with Gasteiger partial charge in [-0.25, -0.2) is 4.98 Å². The molecular weight excluding hydrogens is 316 g/mol. The Hall–Kier alpha value is -2.64. The zero-order valence-corrected chi connectivity index (χ0v) is 14.6. The Morgan fingerprint density at radius 3 is 3.00 bits per heavy atom. The second-order valence-corrected chi connectivity index (χ2v) is 5.86. The van der Waals surface area contributed by atoms with Crippen molar-refractivity contribution in [2.75, 3.05) is 30.4 Å². The third kappa shape index (κ3) is 4.26. The van der Waals surface area contributed by atoms with Gasteiger partial charge >= 0.3 is 0 Å². The van der Waals surface area contributed by atoms with Gasteiger partial charge in [0.05, 0.1) is 6.61 Å². The van der Waals surface area contributed by atoms with E-state index < -0.39 is 0 Å². The molecule has 0 bridgehead atoms. The van der Waals surface area contributed by atoms with E-state index in [9.17, 15) is 0 Å². The van der Waals surface area contributed by atoms with E-state index in [4.69, 9.17) is 10.5 Å². The lowest BCUT2D eigenvalue weighted by Gasteiger charge is -2.13. The largest absolute Gasteiger partial charge is 0.380 e. The quantitative estimate of drug-likeness (QED) is 0.584. The van der Waals surface area contributed by atoms with Crippen LogP contribution in [-0.2, 0) is 11.8 Å². The summed E-state index contributed by atoms with van der Waals surface area (Å²) in [6.45, 7) is 3.68. The molecule has 2 heterocycles. The van der Waals surface area contributed by atoms with E-state index in [1.165, 1.54) is 5.52 Å². The number of fused-ring (bicyclic) bond motifs is 1. The van der Waals surface area contributed by atoms with Crippen LogP contribution in [-0.4, -0.2) is 40.3 Å². The molecule has 0 saturated carbocycles. The maximum absolute atomic E-state index is 5.97. The van der Waals surface area contributed by atoms with Crippen molar-refractivity contribution in [2.45, 2.75) is 13.0 Å². The maximum atomic E-state index is 5.97. The van der Waals surface area contributed by atoms with E-state index in [0.717, 1.165) is 16.9 Å². The number of anilines is 3. The van der Waals surface area contributed by atoms with Crippen LogP contribution >= 0.6 is 0 Å². The lowest BCUT2D eigenvalue weighted by molar-refractivity contribution is 0.136. The van der Waals surface area contributed by atoms with Gasteiger partial charge in [0.15, 0.2) is 0 Å². The molecule has 0 aliphatic carbocycles. The highest BCUT2D eigenvalue weighted by atomic mass is 16.5. The van der Waals surface area contributed by atoms with Crippen LogP contribution in [0.3, 0.4) is 0 Å². The predicted octanol–water partition coefficient (Wildman–Crippen LogP) is 2.49. The molecule has 7 heteroatoms. The molecule has 0 aliphatic rings. The summed E-state index contributed by atoms with van der Waals surface area (Å²) in [5, 5.41) is 7.66. The number of aromatic nitrogens is 3. The molecule has 7 nitrogen and oxygen atoms in total. The van der Waals surface area contributed by atoms with Crippen LogP contribution in [0.15, 0.2) is 42.7 Å². The van der Waals surface area contributed by atoms with Gasteiger partial charge < -0.3 is 25.7 Å². The van der Waals surface area contributed by atoms with Gasteiger partial charge in [-0.2, -0.15) is 4.98 Å². The summed E-state index contributed by atoms with van der Waals surface area (Å²) in [6, 6.07) is 9.98. The van der Waals surface area contributed by atoms with E-state index in [1.807, 2.05) is 38.4 Å². The summed E-state index contributed by atoms with van der Waals surface area (Å²) in [7, 11) is 2.03. The molecule has 1 atom stereocenters. The number of ether oxygens (including phenoxy) is 1. The Bertz CT molecular complexity index is 831. The van der Waals surface area contributed by atoms with Crippen LogP contribution < -0.4 is 16.4 Å². The summed E-state index contributed by atoms with van der Waals surface area (Å²) >= 11 is 0. The molecule has 0 aliphatic heterocycles. The van der Waals surface area contributed by atoms with Gasteiger partial charge in [0.25, 0.3) is 0 Å². The van der Waals surface area contributed by atoms with Gasteiger partial charge in [0.2, 0.25) is 5.95 Å². The SMILES string of the molecule is CCOC[C@H](N)CNc1nccc(Nc2cccc3c2ccn3C)n1. The van der Waals surface area contributed by atoms with E-state index >= 15 is 0 Å². The average Bonchev–Trinajstić information content (AvgIpc) is 3.01. The summed E-state index contributed by atoms with van der Waals surface area (Å²) < 4.78 is 7.40. The third-order valence-corrected chi connectivity index (χ3v) is 3.90. The monoisotopic (exact) mass is 340 g/mol. The number of hydrogen-bond donors (Lipinski definition) is 3. The Balaban J connectivity index is 1.69. The minimum Gasteiger partial charge on any atom is -0.380 e. The van der Waals surface area contributed by atoms with Crippen molar-refractivity contribution in [3.63, 3.8) is 0 Å². The smallest absolute Gasteiger partial charge is 0.224 e. The van der Waals surface area contributed by atoms with Crippen molar-refractivity contribution in [1.29, 1.82) is 0 Å². The molecule has 0 amide bonds. The fraction of sp³-hybridized carbons (Fsp3) is 0.333. The van der Waals surface area contributed by atoms with Gasteiger partial charge in [-0.3, -0.25) is 0 Å². The Labute approximate surface area is 147 Å². The van der Waals surface area contributed by atoms with Gasteiger partial charge in [0, 0.05) is 55.2 Å². The van der Waals surface area contributed by atoms with Gasteiger partial charge in [0.1, 0.15) is 5.82 Å². The standard InChI is InChI=1S/C18H24N6O/c1-3-25-12-13(19)11-21-18-20-9-7-17(23-18)22-15-5-4-6-16-14(15)8-10-24(16)2/h4-10,13H,3,11-12,19H2,1-2H3,(H2,20,21,22,23)/t13-/m1/s1. The first-order valence-corrected chi connectivity index (χ1v) is 8.38. The van der Waals surface area contributed by atoms with Crippen molar-refractivity contribution in [3.8, 4) is 0 Å². The zero-order valence-electron chi connectivity index (χ0n) is 14.6. The van der Waals surface area contributed by atoms with Gasteiger partial charge in [-0.1, -0.05) is 6.07 Å². The number of nitrogens with one attached hydrogen (secondary N) is 2. The molecule has 0 radical (unpaired) electrons. The Morgan fingerprint density at radius 1 is 1.28 bits per heavy atom. The molecule has 1 aromatic carbocycles. The Kier molecular flexibility index (Phi) is 5.47. The summed E-state index contributed by atoms with van der Waals surface area (Å²) in [5.41, 5.74) is 8.15. The topological polar surface area (TPSA) is 90.0 Å². The number of rotatable bonds is 8. The minimum absolute atomic E-state index is 0.0989.